The number of allylic oxidation sites excluding steroid dienone is 1. The predicted octanol–water partition coefficient (Wildman–Crippen LogP) is 5.21. The van der Waals surface area contributed by atoms with Gasteiger partial charge in [0.05, 0.1) is 19.3 Å². The molecule has 0 aliphatic carbocycles. The van der Waals surface area contributed by atoms with Crippen molar-refractivity contribution < 1.29 is 27.3 Å². The first-order valence-electron chi connectivity index (χ1n) is 14.3. The molecule has 1 amide bonds. The van der Waals surface area contributed by atoms with E-state index in [4.69, 9.17) is 0 Å². The van der Waals surface area contributed by atoms with Gasteiger partial charge in [0.25, 0.3) is 5.84 Å². The minimum absolute atomic E-state index is 0.131. The largest absolute Gasteiger partial charge is 0.573 e. The number of nitrogens with zero attached hydrogens (tertiary/aromatic N) is 6. The van der Waals surface area contributed by atoms with Crippen LogP contribution >= 0.6 is 0 Å². The molecule has 1 radical (unpaired) electrons. The van der Waals surface area contributed by atoms with Crippen molar-refractivity contribution in [1.82, 2.24) is 24.3 Å². The summed E-state index contributed by atoms with van der Waals surface area (Å²) in [6.07, 6.45) is 4.81. The first-order chi connectivity index (χ1) is 21.2. The van der Waals surface area contributed by atoms with Crippen LogP contribution in [0.15, 0.2) is 84.7 Å². The zero-order valence-corrected chi connectivity index (χ0v) is 23.8. The second-order valence-corrected chi connectivity index (χ2v) is 10.8. The van der Waals surface area contributed by atoms with Gasteiger partial charge in [0.15, 0.2) is 0 Å². The Kier molecular flexibility index (Phi) is 6.87. The van der Waals surface area contributed by atoms with Crippen LogP contribution in [-0.4, -0.2) is 67.6 Å². The topological polar surface area (TPSA) is 80.2 Å². The highest BCUT2D eigenvalue weighted by Crippen LogP contribution is 2.38. The van der Waals surface area contributed by atoms with Crippen molar-refractivity contribution in [2.75, 3.05) is 18.4 Å². The summed E-state index contributed by atoms with van der Waals surface area (Å²) >= 11 is 0. The van der Waals surface area contributed by atoms with Gasteiger partial charge in [-0.2, -0.15) is 0 Å². The summed E-state index contributed by atoms with van der Waals surface area (Å²) in [6.45, 7) is 3.46. The van der Waals surface area contributed by atoms with E-state index in [1.807, 2.05) is 36.4 Å². The van der Waals surface area contributed by atoms with Crippen LogP contribution in [0.1, 0.15) is 37.4 Å². The number of rotatable bonds is 5. The molecule has 1 fully saturated rings. The van der Waals surface area contributed by atoms with Gasteiger partial charge < -0.3 is 14.5 Å². The van der Waals surface area contributed by atoms with Gasteiger partial charge in [0, 0.05) is 35.5 Å². The van der Waals surface area contributed by atoms with Crippen LogP contribution in [-0.2, 0) is 4.79 Å². The molecule has 0 spiro atoms. The second kappa shape index (κ2) is 10.9. The van der Waals surface area contributed by atoms with Crippen molar-refractivity contribution in [1.29, 1.82) is 0 Å². The Morgan fingerprint density at radius 2 is 1.68 bits per heavy atom. The lowest BCUT2D eigenvalue weighted by molar-refractivity contribution is -0.539. The van der Waals surface area contributed by atoms with Gasteiger partial charge in [0.2, 0.25) is 5.91 Å². The Morgan fingerprint density at radius 1 is 0.955 bits per heavy atom. The van der Waals surface area contributed by atoms with Crippen LogP contribution < -0.4 is 10.1 Å². The summed E-state index contributed by atoms with van der Waals surface area (Å²) in [7, 11) is 2.06. The molecule has 1 N–H and O–H groups in total. The zero-order chi connectivity index (χ0) is 30.4. The normalized spacial score (nSPS) is 16.1. The van der Waals surface area contributed by atoms with Crippen LogP contribution in [0.25, 0.3) is 22.6 Å². The van der Waals surface area contributed by atoms with E-state index in [0.29, 0.717) is 11.3 Å². The number of hydrogen-bond acceptors (Lipinski definition) is 4. The van der Waals surface area contributed by atoms with Crippen LogP contribution in [0, 0.1) is 0 Å². The first kappa shape index (κ1) is 27.7. The van der Waals surface area contributed by atoms with Crippen molar-refractivity contribution >= 4 is 30.6 Å². The summed E-state index contributed by atoms with van der Waals surface area (Å²) < 4.78 is 47.9. The summed E-state index contributed by atoms with van der Waals surface area (Å²) in [5.41, 5.74) is 5.84. The number of hydrogen-bond donors (Lipinski definition) is 1. The van der Waals surface area contributed by atoms with E-state index in [9.17, 15) is 18.0 Å². The molecule has 7 rings (SSSR count). The Labute approximate surface area is 251 Å². The quantitative estimate of drug-likeness (QED) is 0.252. The third-order valence-electron chi connectivity index (χ3n) is 7.82. The molecule has 0 unspecified atom stereocenters. The second-order valence-electron chi connectivity index (χ2n) is 10.8. The number of ether oxygens (including phenoxy) is 1. The number of alkyl halides is 3. The van der Waals surface area contributed by atoms with Crippen molar-refractivity contribution in [3.05, 3.63) is 96.0 Å². The number of piperidine rings is 1. The van der Waals surface area contributed by atoms with Crippen molar-refractivity contribution in [2.45, 2.75) is 32.5 Å². The maximum Gasteiger partial charge on any atom is 0.573 e. The smallest absolute Gasteiger partial charge is 0.406 e. The lowest BCUT2D eigenvalue weighted by Gasteiger charge is -2.27. The minimum atomic E-state index is -4.76. The van der Waals surface area contributed by atoms with E-state index in [1.165, 1.54) is 37.6 Å². The Hall–Kier alpha value is -5.07. The molecule has 44 heavy (non-hydrogen) atoms. The van der Waals surface area contributed by atoms with Crippen LogP contribution in [0.5, 0.6) is 5.75 Å². The van der Waals surface area contributed by atoms with Gasteiger partial charge in [-0.3, -0.25) is 14.2 Å². The molecular weight excluding hydrogens is 570 g/mol. The average Bonchev–Trinajstić information content (AvgIpc) is 3.75. The van der Waals surface area contributed by atoms with E-state index in [2.05, 4.69) is 53.9 Å². The molecule has 2 aromatic carbocycles. The van der Waals surface area contributed by atoms with E-state index in [0.717, 1.165) is 65.8 Å². The number of carbonyl (C=O) groups excluding carboxylic acids is 1. The zero-order valence-electron chi connectivity index (χ0n) is 23.8. The van der Waals surface area contributed by atoms with Gasteiger partial charge >= 0.3 is 13.9 Å². The van der Waals surface area contributed by atoms with E-state index in [1.54, 1.807) is 10.9 Å². The van der Waals surface area contributed by atoms with Gasteiger partial charge in [-0.15, -0.1) is 18.3 Å². The molecule has 3 aliphatic rings. The van der Waals surface area contributed by atoms with Gasteiger partial charge in [-0.25, -0.2) is 4.68 Å². The van der Waals surface area contributed by atoms with Crippen molar-refractivity contribution in [3.63, 3.8) is 0 Å². The van der Waals surface area contributed by atoms with E-state index >= 15 is 0 Å². The number of nitrogens with one attached hydrogen (secondary N) is 1. The first-order valence-corrected chi connectivity index (χ1v) is 14.3. The molecule has 0 atom stereocenters. The number of amides is 1. The molecule has 5 heterocycles. The molecule has 2 aromatic heterocycles. The molecule has 221 valence electrons. The molecule has 4 aromatic rings. The average molecular weight is 597 g/mol. The lowest BCUT2D eigenvalue weighted by Crippen LogP contribution is -2.43. The maximum atomic E-state index is 12.6. The third-order valence-corrected chi connectivity index (χ3v) is 7.82. The Morgan fingerprint density at radius 3 is 2.39 bits per heavy atom. The van der Waals surface area contributed by atoms with Gasteiger partial charge in [-0.1, -0.05) is 17.3 Å². The van der Waals surface area contributed by atoms with Gasteiger partial charge in [-0.05, 0) is 79.4 Å². The number of carbonyl (C=O) groups is 1. The van der Waals surface area contributed by atoms with Gasteiger partial charge in [0.1, 0.15) is 23.0 Å². The highest BCUT2D eigenvalue weighted by Gasteiger charge is 2.40. The minimum Gasteiger partial charge on any atom is -0.406 e. The summed E-state index contributed by atoms with van der Waals surface area (Å²) in [4.78, 5) is 13.8. The van der Waals surface area contributed by atoms with Crippen LogP contribution in [0.2, 0.25) is 0 Å². The summed E-state index contributed by atoms with van der Waals surface area (Å²) in [5.74, 6) is 1.42. The Balaban J connectivity index is 1.27. The fraction of sp³-hybridized carbons (Fsp3) is 0.226. The van der Waals surface area contributed by atoms with Crippen LogP contribution in [0.3, 0.4) is 0 Å². The summed E-state index contributed by atoms with van der Waals surface area (Å²) in [6, 6.07) is 17.3. The number of halogens is 3. The van der Waals surface area contributed by atoms with Crippen LogP contribution in [0.4, 0.5) is 18.9 Å². The Bertz CT molecular complexity index is 1830. The molecule has 13 heteroatoms. The molecule has 0 bridgehead atoms. The predicted molar refractivity (Wildman–Crippen MR) is 159 cm³/mol. The van der Waals surface area contributed by atoms with E-state index in [-0.39, 0.29) is 11.7 Å². The molecule has 3 aliphatic heterocycles. The highest BCUT2D eigenvalue weighted by atomic mass is 19.4. The fourth-order valence-corrected chi connectivity index (χ4v) is 5.89. The van der Waals surface area contributed by atoms with Crippen molar-refractivity contribution in [3.8, 4) is 22.8 Å². The fourth-order valence-electron chi connectivity index (χ4n) is 5.89. The standard InChI is InChI=1S/C31H26BF3N7O2/c1-20(43)36-23-9-5-22(6-10-23)30-26-13-15-28(39-17-3-2-4-18-39)41(26)32-42-27(30)14-16-29(42)40-19-25(37-38-40)21-7-11-24(12-8-21)44-31(33,34)35/h5-16,19H,2-4,17-18H2,1H3/p+1. The monoisotopic (exact) mass is 597 g/mol. The summed E-state index contributed by atoms with van der Waals surface area (Å²) in [5, 5.41) is 11.5. The molecule has 0 saturated carbocycles. The van der Waals surface area contributed by atoms with Crippen molar-refractivity contribution in [2.24, 2.45) is 0 Å². The number of fused-ring (bicyclic) bond motifs is 2. The molecule has 9 nitrogen and oxygen atoms in total. The maximum absolute atomic E-state index is 12.6. The molecular formula is C31H27BF3N7O2+. The highest BCUT2D eigenvalue weighted by molar-refractivity contribution is 6.40. The third kappa shape index (κ3) is 5.29. The number of amidine groups is 1. The SMILES string of the molecule is CC(=O)Nc1ccc(C2=C3C=CC(=[N+]4CCCCC4)N3[B]n3c2ccc3-n2cc(-c3ccc(OC(F)(F)F)cc3)nn2)cc1. The van der Waals surface area contributed by atoms with E-state index < -0.39 is 6.36 Å². The number of anilines is 1. The lowest BCUT2D eigenvalue weighted by atomic mass is 9.91. The molecule has 1 saturated heterocycles. The number of aromatic nitrogens is 4. The number of benzene rings is 2.